The van der Waals surface area contributed by atoms with Crippen LogP contribution in [0, 0.1) is 0 Å². The summed E-state index contributed by atoms with van der Waals surface area (Å²) in [5.74, 6) is -0.0683. The number of piperazine rings is 1. The lowest BCUT2D eigenvalue weighted by Crippen LogP contribution is -2.48. The standard InChI is InChI=1S/C7H14N2O/c1-3-9-5-4-8(2)6-7(9)10/h3-6H2,1-2H3/i6D. The molecule has 1 unspecified atom stereocenters. The van der Waals surface area contributed by atoms with Gasteiger partial charge in [0, 0.05) is 19.6 Å². The van der Waals surface area contributed by atoms with Gasteiger partial charge >= 0.3 is 0 Å². The normalized spacial score (nSPS) is 30.6. The zero-order valence-electron chi connectivity index (χ0n) is 7.50. The van der Waals surface area contributed by atoms with Crippen LogP contribution < -0.4 is 0 Å². The third-order valence-corrected chi connectivity index (χ3v) is 1.75. The summed E-state index contributed by atoms with van der Waals surface area (Å²) in [7, 11) is 1.81. The van der Waals surface area contributed by atoms with Crippen LogP contribution in [0.25, 0.3) is 0 Å². The minimum atomic E-state index is -0.677. The van der Waals surface area contributed by atoms with Crippen molar-refractivity contribution in [2.75, 3.05) is 33.2 Å². The fourth-order valence-electron chi connectivity index (χ4n) is 1.04. The van der Waals surface area contributed by atoms with E-state index in [2.05, 4.69) is 0 Å². The van der Waals surface area contributed by atoms with E-state index in [0.29, 0.717) is 0 Å². The van der Waals surface area contributed by atoms with E-state index >= 15 is 0 Å². The van der Waals surface area contributed by atoms with Crippen molar-refractivity contribution in [3.63, 3.8) is 0 Å². The second-order valence-corrected chi connectivity index (χ2v) is 2.53. The van der Waals surface area contributed by atoms with E-state index in [-0.39, 0.29) is 5.91 Å². The molecule has 1 aliphatic rings. The van der Waals surface area contributed by atoms with Crippen LogP contribution in [-0.2, 0) is 4.79 Å². The zero-order chi connectivity index (χ0) is 8.43. The number of rotatable bonds is 1. The molecule has 1 aliphatic heterocycles. The van der Waals surface area contributed by atoms with Crippen LogP contribution in [0.2, 0.25) is 0 Å². The predicted octanol–water partition coefficient (Wildman–Crippen LogP) is -0.220. The molecule has 0 spiro atoms. The Morgan fingerprint density at radius 3 is 3.00 bits per heavy atom. The van der Waals surface area contributed by atoms with Crippen LogP contribution in [0.1, 0.15) is 8.29 Å². The van der Waals surface area contributed by atoms with E-state index in [1.807, 2.05) is 14.0 Å². The first-order valence-electron chi connectivity index (χ1n) is 4.15. The quantitative estimate of drug-likeness (QED) is 0.506. The van der Waals surface area contributed by atoms with E-state index in [1.54, 1.807) is 9.80 Å². The van der Waals surface area contributed by atoms with E-state index in [0.717, 1.165) is 19.6 Å². The first-order valence-corrected chi connectivity index (χ1v) is 3.58. The summed E-state index contributed by atoms with van der Waals surface area (Å²) in [6, 6.07) is 0. The fourth-order valence-corrected chi connectivity index (χ4v) is 1.04. The molecule has 0 radical (unpaired) electrons. The highest BCUT2D eigenvalue weighted by atomic mass is 16.2. The predicted molar refractivity (Wildman–Crippen MR) is 39.8 cm³/mol. The monoisotopic (exact) mass is 143 g/mol. The molecule has 1 heterocycles. The maximum absolute atomic E-state index is 11.3. The van der Waals surface area contributed by atoms with Crippen molar-refractivity contribution in [1.29, 1.82) is 0 Å². The maximum Gasteiger partial charge on any atom is 0.236 e. The van der Waals surface area contributed by atoms with E-state index in [1.165, 1.54) is 0 Å². The van der Waals surface area contributed by atoms with Gasteiger partial charge in [-0.05, 0) is 14.0 Å². The third-order valence-electron chi connectivity index (χ3n) is 1.75. The summed E-state index contributed by atoms with van der Waals surface area (Å²) in [6.45, 7) is 3.57. The van der Waals surface area contributed by atoms with Gasteiger partial charge in [0.25, 0.3) is 0 Å². The first kappa shape index (κ1) is 6.16. The summed E-state index contributed by atoms with van der Waals surface area (Å²) in [4.78, 5) is 14.7. The number of hydrogen-bond acceptors (Lipinski definition) is 2. The Labute approximate surface area is 63.0 Å². The maximum atomic E-state index is 11.3. The average Bonchev–Trinajstić information content (AvgIpc) is 2.01. The van der Waals surface area contributed by atoms with Crippen LogP contribution in [0.4, 0.5) is 0 Å². The molecule has 1 amide bonds. The first-order chi connectivity index (χ1) is 5.16. The molecule has 0 aromatic carbocycles. The summed E-state index contributed by atoms with van der Waals surface area (Å²) in [5.41, 5.74) is 0. The van der Waals surface area contributed by atoms with Gasteiger partial charge in [0.15, 0.2) is 0 Å². The van der Waals surface area contributed by atoms with Crippen LogP contribution >= 0.6 is 0 Å². The molecule has 0 aromatic rings. The molecule has 1 rings (SSSR count). The number of likely N-dealkylation sites (N-methyl/N-ethyl adjacent to an activating group) is 2. The van der Waals surface area contributed by atoms with Gasteiger partial charge in [-0.3, -0.25) is 9.69 Å². The second-order valence-electron chi connectivity index (χ2n) is 2.53. The molecule has 1 atom stereocenters. The summed E-state index contributed by atoms with van der Waals surface area (Å²) in [5, 5.41) is 0. The Morgan fingerprint density at radius 2 is 2.40 bits per heavy atom. The van der Waals surface area contributed by atoms with Crippen molar-refractivity contribution in [2.24, 2.45) is 0 Å². The van der Waals surface area contributed by atoms with Crippen molar-refractivity contribution >= 4 is 5.91 Å². The molecule has 0 bridgehead atoms. The third kappa shape index (κ3) is 1.48. The van der Waals surface area contributed by atoms with Crippen molar-refractivity contribution in [3.05, 3.63) is 0 Å². The van der Waals surface area contributed by atoms with Crippen LogP contribution in [-0.4, -0.2) is 48.9 Å². The molecule has 10 heavy (non-hydrogen) atoms. The minimum absolute atomic E-state index is 0.0683. The largest absolute Gasteiger partial charge is 0.341 e. The highest BCUT2D eigenvalue weighted by Gasteiger charge is 2.18. The smallest absolute Gasteiger partial charge is 0.236 e. The van der Waals surface area contributed by atoms with Gasteiger partial charge in [-0.1, -0.05) is 0 Å². The van der Waals surface area contributed by atoms with Gasteiger partial charge in [0.1, 0.15) is 0 Å². The summed E-state index contributed by atoms with van der Waals surface area (Å²) in [6.07, 6.45) is 0. The number of carbonyl (C=O) groups is 1. The number of amides is 1. The van der Waals surface area contributed by atoms with Crippen molar-refractivity contribution in [3.8, 4) is 0 Å². The van der Waals surface area contributed by atoms with Crippen LogP contribution in [0.15, 0.2) is 0 Å². The molecule has 58 valence electrons. The molecule has 0 aromatic heterocycles. The van der Waals surface area contributed by atoms with Gasteiger partial charge < -0.3 is 4.90 Å². The Kier molecular flexibility index (Phi) is 1.86. The molecule has 0 N–H and O–H groups in total. The topological polar surface area (TPSA) is 23.6 Å². The number of hydrogen-bond donors (Lipinski definition) is 0. The van der Waals surface area contributed by atoms with Crippen molar-refractivity contribution in [2.45, 2.75) is 6.92 Å². The summed E-state index contributed by atoms with van der Waals surface area (Å²) >= 11 is 0. The van der Waals surface area contributed by atoms with E-state index in [9.17, 15) is 4.79 Å². The number of carbonyl (C=O) groups excluding carboxylic acids is 1. The van der Waals surface area contributed by atoms with E-state index < -0.39 is 6.52 Å². The zero-order valence-corrected chi connectivity index (χ0v) is 6.50. The minimum Gasteiger partial charge on any atom is -0.341 e. The van der Waals surface area contributed by atoms with Gasteiger partial charge in [-0.2, -0.15) is 0 Å². The lowest BCUT2D eigenvalue weighted by atomic mass is 10.3. The Morgan fingerprint density at radius 1 is 1.70 bits per heavy atom. The van der Waals surface area contributed by atoms with Crippen LogP contribution in [0.3, 0.4) is 0 Å². The van der Waals surface area contributed by atoms with Gasteiger partial charge in [0.2, 0.25) is 5.91 Å². The van der Waals surface area contributed by atoms with Gasteiger partial charge in [-0.15, -0.1) is 0 Å². The van der Waals surface area contributed by atoms with Crippen molar-refractivity contribution in [1.82, 2.24) is 9.80 Å². The molecule has 0 saturated carbocycles. The Balaban J connectivity index is 2.59. The lowest BCUT2D eigenvalue weighted by molar-refractivity contribution is -0.135. The molecule has 1 saturated heterocycles. The van der Waals surface area contributed by atoms with Crippen LogP contribution in [0.5, 0.6) is 0 Å². The Hall–Kier alpha value is -0.570. The summed E-state index contributed by atoms with van der Waals surface area (Å²) < 4.78 is 7.45. The molecule has 0 aliphatic carbocycles. The molecule has 3 heteroatoms. The number of nitrogens with zero attached hydrogens (tertiary/aromatic N) is 2. The molecular weight excluding hydrogens is 128 g/mol. The lowest BCUT2D eigenvalue weighted by Gasteiger charge is -2.31. The SMILES string of the molecule is [2H]C1C(=O)N(CC)CCN1C. The molecule has 1 fully saturated rings. The second kappa shape index (κ2) is 3.01. The van der Waals surface area contributed by atoms with E-state index in [4.69, 9.17) is 1.37 Å². The highest BCUT2D eigenvalue weighted by Crippen LogP contribution is 1.98. The van der Waals surface area contributed by atoms with Gasteiger partial charge in [-0.25, -0.2) is 0 Å². The highest BCUT2D eigenvalue weighted by molar-refractivity contribution is 5.78. The van der Waals surface area contributed by atoms with Gasteiger partial charge in [0.05, 0.1) is 7.89 Å². The molecular formula is C7H14N2O. The molecule has 3 nitrogen and oxygen atoms in total. The Bertz CT molecular complexity index is 159. The average molecular weight is 143 g/mol. The van der Waals surface area contributed by atoms with Crippen molar-refractivity contribution < 1.29 is 6.17 Å². The fraction of sp³-hybridized carbons (Fsp3) is 0.857.